The minimum absolute atomic E-state index is 0.0153. The Morgan fingerprint density at radius 2 is 1.79 bits per heavy atom. The lowest BCUT2D eigenvalue weighted by atomic mass is 10.1. The Morgan fingerprint density at radius 1 is 1.26 bits per heavy atom. The van der Waals surface area contributed by atoms with Gasteiger partial charge in [0.15, 0.2) is 11.9 Å². The van der Waals surface area contributed by atoms with Crippen molar-refractivity contribution in [2.75, 3.05) is 0 Å². The molecule has 0 atom stereocenters. The number of pyridine rings is 1. The first-order valence-electron chi connectivity index (χ1n) is 4.40. The smallest absolute Gasteiger partial charge is 0.401 e. The number of halogens is 6. The predicted octanol–water partition coefficient (Wildman–Crippen LogP) is 3.22. The van der Waals surface area contributed by atoms with Gasteiger partial charge >= 0.3 is 18.4 Å². The highest BCUT2D eigenvalue weighted by atomic mass is 19.4. The summed E-state index contributed by atoms with van der Waals surface area (Å²) in [5.41, 5.74) is -2.94. The molecule has 5 nitrogen and oxygen atoms in total. The van der Waals surface area contributed by atoms with E-state index in [1.54, 1.807) is 0 Å². The van der Waals surface area contributed by atoms with Crippen molar-refractivity contribution in [3.8, 4) is 5.75 Å². The number of nitrogens with zero attached hydrogens (tertiary/aromatic N) is 2. The number of ether oxygens (including phenoxy) is 1. The maximum absolute atomic E-state index is 12.6. The number of alkyl halides is 6. The third-order valence-electron chi connectivity index (χ3n) is 1.94. The third kappa shape index (κ3) is 3.45. The molecule has 11 heteroatoms. The quantitative estimate of drug-likeness (QED) is 0.476. The lowest BCUT2D eigenvalue weighted by molar-refractivity contribution is -0.390. The predicted molar refractivity (Wildman–Crippen MR) is 47.3 cm³/mol. The van der Waals surface area contributed by atoms with Crippen LogP contribution in [0.4, 0.5) is 32.2 Å². The zero-order chi connectivity index (χ0) is 15.0. The lowest BCUT2D eigenvalue weighted by Gasteiger charge is -2.15. The van der Waals surface area contributed by atoms with Crippen molar-refractivity contribution in [2.45, 2.75) is 19.5 Å². The lowest BCUT2D eigenvalue weighted by Crippen LogP contribution is -2.21. The maximum atomic E-state index is 12.6. The SMILES string of the molecule is Cc1c([N+](=O)[O-])ncc(OC(F)(F)F)c1C(F)(F)F. The van der Waals surface area contributed by atoms with Crippen molar-refractivity contribution in [1.82, 2.24) is 4.98 Å². The molecule has 1 heterocycles. The summed E-state index contributed by atoms with van der Waals surface area (Å²) in [6.45, 7) is 0.636. The second kappa shape index (κ2) is 4.55. The van der Waals surface area contributed by atoms with Crippen molar-refractivity contribution < 1.29 is 36.0 Å². The van der Waals surface area contributed by atoms with Crippen LogP contribution in [-0.4, -0.2) is 16.3 Å². The highest BCUT2D eigenvalue weighted by Crippen LogP contribution is 2.42. The van der Waals surface area contributed by atoms with Gasteiger partial charge in [0.25, 0.3) is 0 Å². The number of hydrogen-bond donors (Lipinski definition) is 0. The Balaban J connectivity index is 3.50. The van der Waals surface area contributed by atoms with Crippen LogP contribution in [0.25, 0.3) is 0 Å². The Bertz CT molecular complexity index is 510. The second-order valence-corrected chi connectivity index (χ2v) is 3.25. The molecule has 0 radical (unpaired) electrons. The summed E-state index contributed by atoms with van der Waals surface area (Å²) >= 11 is 0. The fourth-order valence-electron chi connectivity index (χ4n) is 1.32. The molecule has 0 unspecified atom stereocenters. The molecule has 0 spiro atoms. The molecule has 0 saturated carbocycles. The molecule has 0 aliphatic rings. The van der Waals surface area contributed by atoms with E-state index in [0.29, 0.717) is 6.92 Å². The van der Waals surface area contributed by atoms with E-state index in [-0.39, 0.29) is 6.20 Å². The van der Waals surface area contributed by atoms with Gasteiger partial charge in [-0.2, -0.15) is 13.2 Å². The van der Waals surface area contributed by atoms with E-state index in [9.17, 15) is 36.5 Å². The van der Waals surface area contributed by atoms with Crippen LogP contribution < -0.4 is 4.74 Å². The molecule has 0 aromatic carbocycles. The van der Waals surface area contributed by atoms with E-state index < -0.39 is 40.2 Å². The fourth-order valence-corrected chi connectivity index (χ4v) is 1.32. The van der Waals surface area contributed by atoms with Crippen molar-refractivity contribution >= 4 is 5.82 Å². The van der Waals surface area contributed by atoms with E-state index >= 15 is 0 Å². The first-order chi connectivity index (χ1) is 8.43. The fraction of sp³-hybridized carbons (Fsp3) is 0.375. The van der Waals surface area contributed by atoms with Gasteiger partial charge in [0.1, 0.15) is 5.56 Å². The minimum Gasteiger partial charge on any atom is -0.401 e. The van der Waals surface area contributed by atoms with Gasteiger partial charge in [-0.15, -0.1) is 13.2 Å². The Hall–Kier alpha value is -2.07. The Labute approximate surface area is 101 Å². The highest BCUT2D eigenvalue weighted by Gasteiger charge is 2.43. The zero-order valence-corrected chi connectivity index (χ0v) is 8.96. The number of hydrogen-bond acceptors (Lipinski definition) is 4. The third-order valence-corrected chi connectivity index (χ3v) is 1.94. The molecular formula is C8H4F6N2O3. The average Bonchev–Trinajstić information content (AvgIpc) is 2.11. The van der Waals surface area contributed by atoms with Crippen LogP contribution in [0.2, 0.25) is 0 Å². The van der Waals surface area contributed by atoms with Crippen molar-refractivity contribution in [3.05, 3.63) is 27.4 Å². The van der Waals surface area contributed by atoms with Gasteiger partial charge in [0.2, 0.25) is 0 Å². The summed E-state index contributed by atoms with van der Waals surface area (Å²) in [4.78, 5) is 12.1. The van der Waals surface area contributed by atoms with Gasteiger partial charge in [0, 0.05) is 0 Å². The standard InChI is InChI=1S/C8H4F6N2O3/c1-3-5(7(9,10)11)4(19-8(12,13)14)2-15-6(3)16(17)18/h2H,1H3. The van der Waals surface area contributed by atoms with Crippen LogP contribution in [0.5, 0.6) is 5.75 Å². The van der Waals surface area contributed by atoms with Crippen molar-refractivity contribution in [1.29, 1.82) is 0 Å². The van der Waals surface area contributed by atoms with Crippen LogP contribution in [0.15, 0.2) is 6.20 Å². The molecule has 0 aliphatic carbocycles. The van der Waals surface area contributed by atoms with E-state index in [0.717, 1.165) is 0 Å². The summed E-state index contributed by atoms with van der Waals surface area (Å²) in [6, 6.07) is 0. The molecule has 106 valence electrons. The maximum Gasteiger partial charge on any atom is 0.573 e. The Morgan fingerprint density at radius 3 is 2.16 bits per heavy atom. The molecule has 1 rings (SSSR count). The molecule has 0 N–H and O–H groups in total. The zero-order valence-electron chi connectivity index (χ0n) is 8.96. The van der Waals surface area contributed by atoms with Gasteiger partial charge in [-0.3, -0.25) is 0 Å². The topological polar surface area (TPSA) is 65.3 Å². The first kappa shape index (κ1) is 15.0. The van der Waals surface area contributed by atoms with Crippen molar-refractivity contribution in [2.24, 2.45) is 0 Å². The summed E-state index contributed by atoms with van der Waals surface area (Å²) < 4.78 is 76.9. The molecule has 0 fully saturated rings. The van der Waals surface area contributed by atoms with Crippen molar-refractivity contribution in [3.63, 3.8) is 0 Å². The van der Waals surface area contributed by atoms with Gasteiger partial charge in [-0.1, -0.05) is 0 Å². The molecule has 0 bridgehead atoms. The van der Waals surface area contributed by atoms with Gasteiger partial charge < -0.3 is 14.9 Å². The molecule has 0 saturated heterocycles. The van der Waals surface area contributed by atoms with Gasteiger partial charge in [-0.25, -0.2) is 0 Å². The number of nitro groups is 1. The monoisotopic (exact) mass is 290 g/mol. The molecule has 19 heavy (non-hydrogen) atoms. The molecule has 1 aromatic rings. The largest absolute Gasteiger partial charge is 0.573 e. The average molecular weight is 290 g/mol. The van der Waals surface area contributed by atoms with Crippen LogP contribution in [0, 0.1) is 17.0 Å². The summed E-state index contributed by atoms with van der Waals surface area (Å²) in [5, 5.41) is 10.4. The minimum atomic E-state index is -5.37. The van der Waals surface area contributed by atoms with E-state index in [1.807, 2.05) is 0 Å². The van der Waals surface area contributed by atoms with E-state index in [2.05, 4.69) is 9.72 Å². The van der Waals surface area contributed by atoms with Crippen LogP contribution in [-0.2, 0) is 6.18 Å². The van der Waals surface area contributed by atoms with Gasteiger partial charge in [-0.05, 0) is 16.8 Å². The van der Waals surface area contributed by atoms with Gasteiger partial charge in [0.05, 0.1) is 5.56 Å². The first-order valence-corrected chi connectivity index (χ1v) is 4.40. The normalized spacial score (nSPS) is 12.4. The molecule has 0 amide bonds. The van der Waals surface area contributed by atoms with Crippen LogP contribution >= 0.6 is 0 Å². The van der Waals surface area contributed by atoms with E-state index in [4.69, 9.17) is 0 Å². The summed E-state index contributed by atoms with van der Waals surface area (Å²) in [5.74, 6) is -2.83. The number of aromatic nitrogens is 1. The molecular weight excluding hydrogens is 286 g/mol. The van der Waals surface area contributed by atoms with Crippen LogP contribution in [0.1, 0.15) is 11.1 Å². The number of rotatable bonds is 2. The molecule has 1 aromatic heterocycles. The Kier molecular flexibility index (Phi) is 3.59. The second-order valence-electron chi connectivity index (χ2n) is 3.25. The summed E-state index contributed by atoms with van der Waals surface area (Å²) in [6.07, 6.45) is -10.6. The highest BCUT2D eigenvalue weighted by molar-refractivity contribution is 5.47. The van der Waals surface area contributed by atoms with E-state index in [1.165, 1.54) is 0 Å². The molecule has 0 aliphatic heterocycles. The van der Waals surface area contributed by atoms with Crippen LogP contribution in [0.3, 0.4) is 0 Å². The summed E-state index contributed by atoms with van der Waals surface area (Å²) in [7, 11) is 0.